The van der Waals surface area contributed by atoms with Crippen LogP contribution in [0.4, 0.5) is 0 Å². The van der Waals surface area contributed by atoms with Gasteiger partial charge in [-0.05, 0) is 30.9 Å². The third-order valence-electron chi connectivity index (χ3n) is 3.79. The summed E-state index contributed by atoms with van der Waals surface area (Å²) in [5.74, 6) is 0.972. The van der Waals surface area contributed by atoms with Crippen molar-refractivity contribution in [3.8, 4) is 0 Å². The van der Waals surface area contributed by atoms with E-state index in [0.717, 1.165) is 32.0 Å². The molecule has 0 bridgehead atoms. The minimum absolute atomic E-state index is 0.307. The highest BCUT2D eigenvalue weighted by Gasteiger charge is 2.45. The van der Waals surface area contributed by atoms with E-state index in [1.165, 1.54) is 22.9 Å². The molecule has 0 atom stereocenters. The van der Waals surface area contributed by atoms with Gasteiger partial charge in [-0.3, -0.25) is 4.99 Å². The third-order valence-corrected chi connectivity index (χ3v) is 4.48. The lowest BCUT2D eigenvalue weighted by molar-refractivity contribution is 0.627. The number of hydrogen-bond acceptors (Lipinski definition) is 3. The number of nitrogens with zero attached hydrogens (tertiary/aromatic N) is 1. The summed E-state index contributed by atoms with van der Waals surface area (Å²) < 4.78 is 1.22. The molecule has 1 aromatic rings. The van der Waals surface area contributed by atoms with Crippen molar-refractivity contribution in [2.45, 2.75) is 24.7 Å². The molecule has 1 aliphatic heterocycles. The average Bonchev–Trinajstić information content (AvgIpc) is 3.19. The molecule has 18 heavy (non-hydrogen) atoms. The highest BCUT2D eigenvalue weighted by Crippen LogP contribution is 2.49. The SMILES string of the molecule is Brc1ccccc1C1(CNC2=NCCCN2)CC1. The zero-order valence-corrected chi connectivity index (χ0v) is 12.0. The number of nitrogens with one attached hydrogen (secondary N) is 2. The van der Waals surface area contributed by atoms with Crippen LogP contribution in [-0.4, -0.2) is 25.6 Å². The fourth-order valence-corrected chi connectivity index (χ4v) is 3.19. The normalized spacial score (nSPS) is 20.8. The van der Waals surface area contributed by atoms with Crippen LogP contribution < -0.4 is 10.6 Å². The molecule has 2 N–H and O–H groups in total. The smallest absolute Gasteiger partial charge is 0.191 e. The van der Waals surface area contributed by atoms with Gasteiger partial charge in [0.25, 0.3) is 0 Å². The van der Waals surface area contributed by atoms with Gasteiger partial charge in [-0.25, -0.2) is 0 Å². The van der Waals surface area contributed by atoms with Crippen molar-refractivity contribution >= 4 is 21.9 Å². The Balaban J connectivity index is 1.69. The molecule has 0 amide bonds. The van der Waals surface area contributed by atoms with Crippen molar-refractivity contribution in [1.82, 2.24) is 10.6 Å². The molecule has 0 aromatic heterocycles. The Bertz CT molecular complexity index is 466. The number of guanidine groups is 1. The molecule has 1 aliphatic carbocycles. The van der Waals surface area contributed by atoms with E-state index in [-0.39, 0.29) is 0 Å². The summed E-state index contributed by atoms with van der Waals surface area (Å²) in [6, 6.07) is 8.56. The third kappa shape index (κ3) is 2.39. The zero-order chi connectivity index (χ0) is 12.4. The second kappa shape index (κ2) is 4.92. The second-order valence-electron chi connectivity index (χ2n) is 5.12. The molecule has 1 fully saturated rings. The van der Waals surface area contributed by atoms with Crippen LogP contribution in [-0.2, 0) is 5.41 Å². The molecule has 0 saturated heterocycles. The molecule has 96 valence electrons. The van der Waals surface area contributed by atoms with E-state index in [2.05, 4.69) is 55.8 Å². The van der Waals surface area contributed by atoms with E-state index in [1.54, 1.807) is 0 Å². The quantitative estimate of drug-likeness (QED) is 0.900. The van der Waals surface area contributed by atoms with Crippen LogP contribution in [0.2, 0.25) is 0 Å². The van der Waals surface area contributed by atoms with Gasteiger partial charge in [0.15, 0.2) is 5.96 Å². The highest BCUT2D eigenvalue weighted by molar-refractivity contribution is 9.10. The van der Waals surface area contributed by atoms with Crippen LogP contribution in [0.1, 0.15) is 24.8 Å². The molecule has 0 unspecified atom stereocenters. The summed E-state index contributed by atoms with van der Waals surface area (Å²) in [4.78, 5) is 4.46. The molecule has 1 heterocycles. The first-order chi connectivity index (χ1) is 8.80. The van der Waals surface area contributed by atoms with E-state index >= 15 is 0 Å². The van der Waals surface area contributed by atoms with Crippen LogP contribution in [0.3, 0.4) is 0 Å². The number of benzene rings is 1. The Kier molecular flexibility index (Phi) is 3.29. The summed E-state index contributed by atoms with van der Waals surface area (Å²) in [5.41, 5.74) is 1.73. The van der Waals surface area contributed by atoms with Crippen molar-refractivity contribution in [3.05, 3.63) is 34.3 Å². The van der Waals surface area contributed by atoms with Crippen molar-refractivity contribution in [3.63, 3.8) is 0 Å². The van der Waals surface area contributed by atoms with Crippen LogP contribution in [0, 0.1) is 0 Å². The maximum absolute atomic E-state index is 4.46. The van der Waals surface area contributed by atoms with Gasteiger partial charge < -0.3 is 10.6 Å². The first kappa shape index (κ1) is 12.0. The maximum atomic E-state index is 4.46. The molecule has 2 aliphatic rings. The van der Waals surface area contributed by atoms with Crippen molar-refractivity contribution in [2.24, 2.45) is 4.99 Å². The van der Waals surface area contributed by atoms with Gasteiger partial charge >= 0.3 is 0 Å². The van der Waals surface area contributed by atoms with E-state index in [4.69, 9.17) is 0 Å². The van der Waals surface area contributed by atoms with Crippen molar-refractivity contribution < 1.29 is 0 Å². The Labute approximate surface area is 116 Å². The maximum Gasteiger partial charge on any atom is 0.191 e. The fraction of sp³-hybridized carbons (Fsp3) is 0.500. The molecular weight excluding hydrogens is 290 g/mol. The van der Waals surface area contributed by atoms with Crippen LogP contribution in [0.5, 0.6) is 0 Å². The minimum Gasteiger partial charge on any atom is -0.356 e. The standard InChI is InChI=1S/C14H18BrN3/c15-12-5-2-1-4-11(12)14(6-7-14)10-18-13-16-8-3-9-17-13/h1-2,4-5H,3,6-10H2,(H2,16,17,18). The van der Waals surface area contributed by atoms with Crippen LogP contribution >= 0.6 is 15.9 Å². The first-order valence-electron chi connectivity index (χ1n) is 6.57. The molecule has 0 radical (unpaired) electrons. The summed E-state index contributed by atoms with van der Waals surface area (Å²) in [7, 11) is 0. The Morgan fingerprint density at radius 2 is 2.17 bits per heavy atom. The molecule has 1 aromatic carbocycles. The number of halogens is 1. The van der Waals surface area contributed by atoms with Crippen molar-refractivity contribution in [1.29, 1.82) is 0 Å². The fourth-order valence-electron chi connectivity index (χ4n) is 2.49. The predicted octanol–water partition coefficient (Wildman–Crippen LogP) is 2.42. The highest BCUT2D eigenvalue weighted by atomic mass is 79.9. The summed E-state index contributed by atoms with van der Waals surface area (Å²) >= 11 is 3.66. The molecule has 3 nitrogen and oxygen atoms in total. The van der Waals surface area contributed by atoms with E-state index in [0.29, 0.717) is 5.41 Å². The topological polar surface area (TPSA) is 36.4 Å². The Morgan fingerprint density at radius 1 is 1.33 bits per heavy atom. The van der Waals surface area contributed by atoms with Gasteiger partial charge in [-0.1, -0.05) is 34.1 Å². The predicted molar refractivity (Wildman–Crippen MR) is 78.0 cm³/mol. The van der Waals surface area contributed by atoms with Gasteiger partial charge in [0.05, 0.1) is 0 Å². The van der Waals surface area contributed by atoms with Gasteiger partial charge in [0.2, 0.25) is 0 Å². The lowest BCUT2D eigenvalue weighted by atomic mass is 9.96. The largest absolute Gasteiger partial charge is 0.356 e. The molecule has 0 spiro atoms. The first-order valence-corrected chi connectivity index (χ1v) is 7.37. The van der Waals surface area contributed by atoms with Gasteiger partial charge in [0, 0.05) is 29.5 Å². The summed E-state index contributed by atoms with van der Waals surface area (Å²) in [5, 5.41) is 6.78. The van der Waals surface area contributed by atoms with E-state index in [1.807, 2.05) is 0 Å². The number of hydrogen-bond donors (Lipinski definition) is 2. The second-order valence-corrected chi connectivity index (χ2v) is 5.98. The van der Waals surface area contributed by atoms with Crippen LogP contribution in [0.15, 0.2) is 33.7 Å². The lowest BCUT2D eigenvalue weighted by Crippen LogP contribution is -2.43. The van der Waals surface area contributed by atoms with Crippen LogP contribution in [0.25, 0.3) is 0 Å². The monoisotopic (exact) mass is 307 g/mol. The lowest BCUT2D eigenvalue weighted by Gasteiger charge is -2.21. The van der Waals surface area contributed by atoms with Gasteiger partial charge in [-0.15, -0.1) is 0 Å². The Hall–Kier alpha value is -1.03. The summed E-state index contributed by atoms with van der Waals surface area (Å²) in [6.07, 6.45) is 3.66. The van der Waals surface area contributed by atoms with E-state index < -0.39 is 0 Å². The number of rotatable bonds is 3. The summed E-state index contributed by atoms with van der Waals surface area (Å²) in [6.45, 7) is 2.95. The van der Waals surface area contributed by atoms with Crippen molar-refractivity contribution in [2.75, 3.05) is 19.6 Å². The Morgan fingerprint density at radius 3 is 2.83 bits per heavy atom. The zero-order valence-electron chi connectivity index (χ0n) is 10.4. The molecular formula is C14H18BrN3. The number of aliphatic imine (C=N–C) groups is 1. The van der Waals surface area contributed by atoms with Gasteiger partial charge in [-0.2, -0.15) is 0 Å². The van der Waals surface area contributed by atoms with Gasteiger partial charge in [0.1, 0.15) is 0 Å². The van der Waals surface area contributed by atoms with E-state index in [9.17, 15) is 0 Å². The molecule has 3 rings (SSSR count). The molecule has 4 heteroatoms. The average molecular weight is 308 g/mol. The molecule has 1 saturated carbocycles. The minimum atomic E-state index is 0.307.